The summed E-state index contributed by atoms with van der Waals surface area (Å²) in [7, 11) is 0. The van der Waals surface area contributed by atoms with Gasteiger partial charge in [0.1, 0.15) is 11.6 Å². The van der Waals surface area contributed by atoms with Crippen molar-refractivity contribution in [3.05, 3.63) is 66.0 Å². The number of nitrogens with one attached hydrogen (secondary N) is 1. The van der Waals surface area contributed by atoms with E-state index in [1.807, 2.05) is 6.92 Å². The van der Waals surface area contributed by atoms with E-state index in [-0.39, 0.29) is 17.3 Å². The summed E-state index contributed by atoms with van der Waals surface area (Å²) in [4.78, 5) is 21.6. The van der Waals surface area contributed by atoms with Crippen LogP contribution in [-0.2, 0) is 9.59 Å². The minimum atomic E-state index is -2.72. The molecule has 1 aromatic carbocycles. The van der Waals surface area contributed by atoms with E-state index in [1.165, 1.54) is 25.1 Å². The van der Waals surface area contributed by atoms with Gasteiger partial charge >= 0.3 is 0 Å². The second kappa shape index (κ2) is 17.8. The number of Topliss-reactive ketones (excluding diaryl/α,β-unsaturated/α-hetero) is 1. The lowest BCUT2D eigenvalue weighted by atomic mass is 9.89. The number of hydrogen-bond donors (Lipinski definition) is 1. The quantitative estimate of drug-likeness (QED) is 0.359. The minimum Gasteiger partial charge on any atom is -0.326 e. The molecule has 3 nitrogen and oxygen atoms in total. The van der Waals surface area contributed by atoms with Crippen LogP contribution in [0.5, 0.6) is 0 Å². The molecule has 0 saturated carbocycles. The largest absolute Gasteiger partial charge is 0.326 e. The first-order chi connectivity index (χ1) is 15.7. The second-order valence-corrected chi connectivity index (χ2v) is 8.58. The number of carbonyl (C=O) groups is 2. The lowest BCUT2D eigenvalue weighted by molar-refractivity contribution is -0.118. The molecule has 0 aliphatic heterocycles. The summed E-state index contributed by atoms with van der Waals surface area (Å²) in [5, 5.41) is 2.55. The minimum absolute atomic E-state index is 0.0590. The summed E-state index contributed by atoms with van der Waals surface area (Å²) in [6, 6.07) is 5.83. The van der Waals surface area contributed by atoms with Gasteiger partial charge in [-0.1, -0.05) is 70.6 Å². The summed E-state index contributed by atoms with van der Waals surface area (Å²) in [6.07, 6.45) is 6.94. The number of rotatable bonds is 9. The van der Waals surface area contributed by atoms with Gasteiger partial charge in [0, 0.05) is 25.5 Å². The molecule has 0 fully saturated rings. The highest BCUT2D eigenvalue weighted by atomic mass is 19.3. The summed E-state index contributed by atoms with van der Waals surface area (Å²) in [5.41, 5.74) is 1.43. The van der Waals surface area contributed by atoms with Crippen LogP contribution in [0.15, 0.2) is 60.2 Å². The maximum absolute atomic E-state index is 12.6. The topological polar surface area (TPSA) is 46.2 Å². The molecule has 1 N–H and O–H groups in total. The molecule has 0 aromatic heterocycles. The number of amides is 1. The van der Waals surface area contributed by atoms with Crippen LogP contribution in [0, 0.1) is 17.7 Å². The normalized spacial score (nSPS) is 12.6. The zero-order valence-corrected chi connectivity index (χ0v) is 22.0. The van der Waals surface area contributed by atoms with Crippen LogP contribution in [-0.4, -0.2) is 17.6 Å². The average Bonchev–Trinajstić information content (AvgIpc) is 2.75. The molecule has 0 aliphatic rings. The molecule has 1 amide bonds. The van der Waals surface area contributed by atoms with Crippen LogP contribution in [0.1, 0.15) is 74.7 Å². The van der Waals surface area contributed by atoms with E-state index in [2.05, 4.69) is 32.7 Å². The predicted molar refractivity (Wildman–Crippen MR) is 138 cm³/mol. The third-order valence-corrected chi connectivity index (χ3v) is 5.06. The van der Waals surface area contributed by atoms with Gasteiger partial charge in [-0.3, -0.25) is 4.79 Å². The third-order valence-electron chi connectivity index (χ3n) is 5.06. The number of benzene rings is 1. The summed E-state index contributed by atoms with van der Waals surface area (Å²) < 4.78 is 37.7. The number of allylic oxidation sites excluding steroid dienone is 5. The first-order valence-electron chi connectivity index (χ1n) is 11.6. The molecule has 0 saturated heterocycles. The van der Waals surface area contributed by atoms with Crippen molar-refractivity contribution in [2.45, 2.75) is 80.6 Å². The highest BCUT2D eigenvalue weighted by Gasteiger charge is 2.22. The third kappa shape index (κ3) is 17.9. The van der Waals surface area contributed by atoms with Crippen LogP contribution in [0.4, 0.5) is 18.9 Å². The van der Waals surface area contributed by atoms with Crippen molar-refractivity contribution >= 4 is 17.4 Å². The fourth-order valence-electron chi connectivity index (χ4n) is 2.51. The number of anilines is 1. The Morgan fingerprint density at radius 1 is 1.12 bits per heavy atom. The molecule has 34 heavy (non-hydrogen) atoms. The van der Waals surface area contributed by atoms with E-state index in [9.17, 15) is 22.8 Å². The van der Waals surface area contributed by atoms with Crippen molar-refractivity contribution in [3.8, 4) is 0 Å². The lowest BCUT2D eigenvalue weighted by Gasteiger charge is -2.16. The molecule has 1 aromatic rings. The van der Waals surface area contributed by atoms with E-state index in [0.717, 1.165) is 25.3 Å². The predicted octanol–water partition coefficient (Wildman–Crippen LogP) is 8.54. The lowest BCUT2D eigenvalue weighted by Crippen LogP contribution is -2.11. The molecule has 1 unspecified atom stereocenters. The molecule has 1 rings (SSSR count). The van der Waals surface area contributed by atoms with E-state index < -0.39 is 5.92 Å². The number of carbonyl (C=O) groups excluding carboxylic acids is 2. The van der Waals surface area contributed by atoms with Crippen molar-refractivity contribution in [1.82, 2.24) is 0 Å². The maximum Gasteiger partial charge on any atom is 0.266 e. The van der Waals surface area contributed by atoms with E-state index in [4.69, 9.17) is 0 Å². The number of ketones is 1. The Labute approximate surface area is 204 Å². The van der Waals surface area contributed by atoms with Crippen molar-refractivity contribution in [3.63, 3.8) is 0 Å². The van der Waals surface area contributed by atoms with Crippen LogP contribution in [0.25, 0.3) is 0 Å². The fourth-order valence-corrected chi connectivity index (χ4v) is 2.51. The molecular formula is C28H42F3NO2. The Balaban J connectivity index is 0. The number of alkyl halides is 2. The molecule has 192 valence electrons. The van der Waals surface area contributed by atoms with Crippen LogP contribution >= 0.6 is 0 Å². The van der Waals surface area contributed by atoms with Crippen molar-refractivity contribution < 1.29 is 22.8 Å². The van der Waals surface area contributed by atoms with Crippen molar-refractivity contribution in [1.29, 1.82) is 0 Å². The smallest absolute Gasteiger partial charge is 0.266 e. The Bertz CT molecular complexity index is 821. The average molecular weight is 482 g/mol. The Morgan fingerprint density at radius 3 is 2.06 bits per heavy atom. The van der Waals surface area contributed by atoms with Gasteiger partial charge in [-0.25, -0.2) is 13.2 Å². The highest BCUT2D eigenvalue weighted by Crippen LogP contribution is 2.22. The van der Waals surface area contributed by atoms with Crippen molar-refractivity contribution in [2.75, 3.05) is 5.32 Å². The Kier molecular flexibility index (Phi) is 17.6. The summed E-state index contributed by atoms with van der Waals surface area (Å²) >= 11 is 0. The molecule has 6 heteroatoms. The first-order valence-corrected chi connectivity index (χ1v) is 11.6. The van der Waals surface area contributed by atoms with Crippen LogP contribution in [0.3, 0.4) is 0 Å². The van der Waals surface area contributed by atoms with Gasteiger partial charge in [-0.2, -0.15) is 0 Å². The van der Waals surface area contributed by atoms with Gasteiger partial charge in [0.15, 0.2) is 0 Å². The van der Waals surface area contributed by atoms with Gasteiger partial charge in [0.2, 0.25) is 5.91 Å². The maximum atomic E-state index is 12.6. The van der Waals surface area contributed by atoms with E-state index >= 15 is 0 Å². The number of hydrogen-bond acceptors (Lipinski definition) is 2. The highest BCUT2D eigenvalue weighted by molar-refractivity contribution is 5.90. The molecule has 0 bridgehead atoms. The molecule has 0 heterocycles. The second-order valence-electron chi connectivity index (χ2n) is 8.58. The van der Waals surface area contributed by atoms with Gasteiger partial charge in [-0.15, -0.1) is 0 Å². The van der Waals surface area contributed by atoms with Gasteiger partial charge in [0.05, 0.1) is 0 Å². The fraction of sp³-hybridized carbons (Fsp3) is 0.500. The van der Waals surface area contributed by atoms with Gasteiger partial charge < -0.3 is 10.1 Å². The molecule has 0 aliphatic carbocycles. The number of halogens is 3. The van der Waals surface area contributed by atoms with Crippen LogP contribution < -0.4 is 5.32 Å². The summed E-state index contributed by atoms with van der Waals surface area (Å²) in [6.45, 7) is 17.5. The monoisotopic (exact) mass is 481 g/mol. The summed E-state index contributed by atoms with van der Waals surface area (Å²) in [5.74, 6) is -1.62. The first kappa shape index (κ1) is 33.5. The Hall–Kier alpha value is -2.63. The van der Waals surface area contributed by atoms with Gasteiger partial charge in [0.25, 0.3) is 5.92 Å². The standard InChI is InChI=1S/C10H14F2.C9H10FNO.C9H18O/c1-5-8(2)6-7-9(3)10(4,11)12;1-2-9(12)11-8-5-3-4-7(10)6-8;1-5-9(7(2)3)6-8(4)10/h5-7H,1H2,2-4H3;3-6H,2H2,1H3,(H,11,12);7,9H,5-6H2,1-4H3/b8-6-,9-7+;;. The SMILES string of the molecule is C=C/C(C)=C\C=C(/C)C(C)(F)F.CCC(=O)Nc1cccc(F)c1.CCC(CC(C)=O)C(C)C. The molecular weight excluding hydrogens is 439 g/mol. The van der Waals surface area contributed by atoms with E-state index in [0.29, 0.717) is 29.7 Å². The van der Waals surface area contributed by atoms with Crippen molar-refractivity contribution in [2.24, 2.45) is 11.8 Å². The zero-order chi connectivity index (χ0) is 26.9. The zero-order valence-electron chi connectivity index (χ0n) is 22.0. The van der Waals surface area contributed by atoms with Crippen LogP contribution in [0.2, 0.25) is 0 Å². The molecule has 1 atom stereocenters. The molecule has 0 radical (unpaired) electrons. The molecule has 0 spiro atoms. The van der Waals surface area contributed by atoms with Gasteiger partial charge in [-0.05, 0) is 56.4 Å². The Morgan fingerprint density at radius 2 is 1.71 bits per heavy atom. The van der Waals surface area contributed by atoms with E-state index in [1.54, 1.807) is 38.1 Å².